The Balaban J connectivity index is 2.33. The van der Waals surface area contributed by atoms with Gasteiger partial charge in [-0.15, -0.1) is 0 Å². The van der Waals surface area contributed by atoms with Crippen molar-refractivity contribution in [2.24, 2.45) is 5.73 Å². The minimum atomic E-state index is -0.663. The molecule has 2 rings (SSSR count). The van der Waals surface area contributed by atoms with Crippen molar-refractivity contribution in [2.75, 3.05) is 21.3 Å². The molecule has 0 aliphatic rings. The average molecular weight is 329 g/mol. The van der Waals surface area contributed by atoms with E-state index < -0.39 is 12.0 Å². The van der Waals surface area contributed by atoms with Crippen LogP contribution in [0, 0.1) is 6.92 Å². The fourth-order valence-corrected chi connectivity index (χ4v) is 2.62. The van der Waals surface area contributed by atoms with Crippen LogP contribution in [0.3, 0.4) is 0 Å². The minimum Gasteiger partial charge on any atom is -0.496 e. The highest BCUT2D eigenvalue weighted by atomic mass is 16.5. The van der Waals surface area contributed by atoms with E-state index in [2.05, 4.69) is 4.74 Å². The van der Waals surface area contributed by atoms with Crippen molar-refractivity contribution in [1.82, 2.24) is 0 Å². The van der Waals surface area contributed by atoms with Crippen molar-refractivity contribution in [3.05, 3.63) is 47.5 Å². The first-order chi connectivity index (χ1) is 11.5. The van der Waals surface area contributed by atoms with Crippen LogP contribution in [0.1, 0.15) is 11.1 Å². The lowest BCUT2D eigenvalue weighted by Crippen LogP contribution is -2.33. The van der Waals surface area contributed by atoms with Crippen LogP contribution in [-0.4, -0.2) is 33.3 Å². The minimum absolute atomic E-state index is 0.416. The maximum absolute atomic E-state index is 11.4. The van der Waals surface area contributed by atoms with Gasteiger partial charge in [0.1, 0.15) is 17.5 Å². The fraction of sp³-hybridized carbons (Fsp3) is 0.316. The number of carbonyl (C=O) groups excluding carboxylic acids is 1. The van der Waals surface area contributed by atoms with Crippen LogP contribution >= 0.6 is 0 Å². The summed E-state index contributed by atoms with van der Waals surface area (Å²) in [5, 5.41) is 0. The van der Waals surface area contributed by atoms with Crippen molar-refractivity contribution in [1.29, 1.82) is 0 Å². The monoisotopic (exact) mass is 329 g/mol. The first-order valence-electron chi connectivity index (χ1n) is 7.65. The number of carbonyl (C=O) groups is 1. The second kappa shape index (κ2) is 7.84. The molecule has 0 heterocycles. The summed E-state index contributed by atoms with van der Waals surface area (Å²) in [6.45, 7) is 1.99. The van der Waals surface area contributed by atoms with E-state index in [9.17, 15) is 4.79 Å². The summed E-state index contributed by atoms with van der Waals surface area (Å²) < 4.78 is 15.7. The van der Waals surface area contributed by atoms with Crippen LogP contribution in [0.4, 0.5) is 0 Å². The molecule has 0 unspecified atom stereocenters. The maximum atomic E-state index is 11.4. The number of esters is 1. The molecular weight excluding hydrogens is 306 g/mol. The number of benzene rings is 2. The first-order valence-corrected chi connectivity index (χ1v) is 7.65. The van der Waals surface area contributed by atoms with Crippen LogP contribution in [0.2, 0.25) is 0 Å². The van der Waals surface area contributed by atoms with E-state index >= 15 is 0 Å². The number of ether oxygens (including phenoxy) is 3. The molecule has 0 aliphatic heterocycles. The molecule has 0 saturated carbocycles. The van der Waals surface area contributed by atoms with Gasteiger partial charge in [-0.3, -0.25) is 4.79 Å². The molecule has 0 bridgehead atoms. The standard InChI is InChI=1S/C19H23NO4/c1-12-9-16(22-2)18(17(10-12)23-3)14-7-5-13(6-8-14)11-15(20)19(21)24-4/h5-10,15H,11,20H2,1-4H3/t15-/m0/s1. The zero-order valence-electron chi connectivity index (χ0n) is 14.5. The third kappa shape index (κ3) is 3.86. The summed E-state index contributed by atoms with van der Waals surface area (Å²) >= 11 is 0. The number of aryl methyl sites for hydroxylation is 1. The van der Waals surface area contributed by atoms with E-state index in [0.717, 1.165) is 33.8 Å². The van der Waals surface area contributed by atoms with E-state index in [4.69, 9.17) is 15.2 Å². The lowest BCUT2D eigenvalue weighted by molar-refractivity contribution is -0.142. The van der Waals surface area contributed by atoms with Gasteiger partial charge in [0.05, 0.1) is 26.9 Å². The highest BCUT2D eigenvalue weighted by Crippen LogP contribution is 2.39. The van der Waals surface area contributed by atoms with E-state index in [0.29, 0.717) is 6.42 Å². The third-order valence-corrected chi connectivity index (χ3v) is 3.85. The average Bonchev–Trinajstić information content (AvgIpc) is 2.60. The highest BCUT2D eigenvalue weighted by Gasteiger charge is 2.16. The molecule has 5 nitrogen and oxygen atoms in total. The molecule has 0 saturated heterocycles. The number of hydrogen-bond donors (Lipinski definition) is 1. The van der Waals surface area contributed by atoms with Crippen molar-refractivity contribution < 1.29 is 19.0 Å². The van der Waals surface area contributed by atoms with Gasteiger partial charge >= 0.3 is 5.97 Å². The lowest BCUT2D eigenvalue weighted by Gasteiger charge is -2.15. The summed E-state index contributed by atoms with van der Waals surface area (Å²) in [4.78, 5) is 11.4. The van der Waals surface area contributed by atoms with Crippen molar-refractivity contribution in [3.63, 3.8) is 0 Å². The van der Waals surface area contributed by atoms with Crippen LogP contribution in [0.15, 0.2) is 36.4 Å². The van der Waals surface area contributed by atoms with E-state index in [1.807, 2.05) is 43.3 Å². The molecule has 0 aliphatic carbocycles. The first kappa shape index (κ1) is 17.8. The SMILES string of the molecule is COC(=O)[C@@H](N)Cc1ccc(-c2c(OC)cc(C)cc2OC)cc1. The predicted octanol–water partition coefficient (Wildman–Crippen LogP) is 2.72. The Bertz CT molecular complexity index is 685. The summed E-state index contributed by atoms with van der Waals surface area (Å²) in [5.41, 5.74) is 9.69. The van der Waals surface area contributed by atoms with Gasteiger partial charge in [0.15, 0.2) is 0 Å². The normalized spacial score (nSPS) is 11.7. The van der Waals surface area contributed by atoms with E-state index in [1.54, 1.807) is 14.2 Å². The zero-order chi connectivity index (χ0) is 17.7. The second-order valence-electron chi connectivity index (χ2n) is 5.58. The van der Waals surface area contributed by atoms with Crippen molar-refractivity contribution in [3.8, 4) is 22.6 Å². The van der Waals surface area contributed by atoms with Gasteiger partial charge in [-0.05, 0) is 42.2 Å². The predicted molar refractivity (Wildman–Crippen MR) is 93.4 cm³/mol. The number of nitrogens with two attached hydrogens (primary N) is 1. The number of hydrogen-bond acceptors (Lipinski definition) is 5. The van der Waals surface area contributed by atoms with E-state index in [-0.39, 0.29) is 0 Å². The summed E-state index contributed by atoms with van der Waals surface area (Å²) in [5.74, 6) is 1.10. The van der Waals surface area contributed by atoms with E-state index in [1.165, 1.54) is 7.11 Å². The fourth-order valence-electron chi connectivity index (χ4n) is 2.62. The van der Waals surface area contributed by atoms with Crippen LogP contribution in [0.5, 0.6) is 11.5 Å². The number of methoxy groups -OCH3 is 3. The molecule has 5 heteroatoms. The van der Waals surface area contributed by atoms with Crippen molar-refractivity contribution in [2.45, 2.75) is 19.4 Å². The van der Waals surface area contributed by atoms with Crippen LogP contribution < -0.4 is 15.2 Å². The zero-order valence-corrected chi connectivity index (χ0v) is 14.5. The van der Waals surface area contributed by atoms with Crippen LogP contribution in [-0.2, 0) is 16.0 Å². The Kier molecular flexibility index (Phi) is 5.82. The second-order valence-corrected chi connectivity index (χ2v) is 5.58. The Hall–Kier alpha value is -2.53. The van der Waals surface area contributed by atoms with Gasteiger partial charge in [0.2, 0.25) is 0 Å². The molecule has 0 amide bonds. The third-order valence-electron chi connectivity index (χ3n) is 3.85. The molecular formula is C19H23NO4. The van der Waals surface area contributed by atoms with Crippen LogP contribution in [0.25, 0.3) is 11.1 Å². The quantitative estimate of drug-likeness (QED) is 0.825. The molecule has 0 spiro atoms. The Morgan fingerprint density at radius 3 is 2.04 bits per heavy atom. The summed E-state index contributed by atoms with van der Waals surface area (Å²) in [6, 6.07) is 11.1. The largest absolute Gasteiger partial charge is 0.496 e. The maximum Gasteiger partial charge on any atom is 0.322 e. The van der Waals surface area contributed by atoms with Gasteiger partial charge in [-0.25, -0.2) is 0 Å². The Labute approximate surface area is 142 Å². The van der Waals surface area contributed by atoms with Gasteiger partial charge in [0.25, 0.3) is 0 Å². The summed E-state index contributed by atoms with van der Waals surface area (Å²) in [7, 11) is 4.62. The molecule has 1 atom stereocenters. The van der Waals surface area contributed by atoms with Crippen molar-refractivity contribution >= 4 is 5.97 Å². The van der Waals surface area contributed by atoms with Gasteiger partial charge in [-0.2, -0.15) is 0 Å². The topological polar surface area (TPSA) is 70.8 Å². The molecule has 2 N–H and O–H groups in total. The number of rotatable bonds is 6. The molecule has 24 heavy (non-hydrogen) atoms. The molecule has 2 aromatic carbocycles. The lowest BCUT2D eigenvalue weighted by atomic mass is 9.98. The van der Waals surface area contributed by atoms with Gasteiger partial charge in [-0.1, -0.05) is 24.3 Å². The Morgan fingerprint density at radius 2 is 1.58 bits per heavy atom. The molecule has 0 radical (unpaired) electrons. The Morgan fingerprint density at radius 1 is 1.04 bits per heavy atom. The van der Waals surface area contributed by atoms with Gasteiger partial charge in [0, 0.05) is 0 Å². The van der Waals surface area contributed by atoms with Gasteiger partial charge < -0.3 is 19.9 Å². The highest BCUT2D eigenvalue weighted by molar-refractivity contribution is 5.78. The molecule has 2 aromatic rings. The molecule has 0 aromatic heterocycles. The smallest absolute Gasteiger partial charge is 0.322 e. The molecule has 128 valence electrons. The summed E-state index contributed by atoms with van der Waals surface area (Å²) in [6.07, 6.45) is 0.426. The molecule has 0 fully saturated rings.